The van der Waals surface area contributed by atoms with Gasteiger partial charge in [-0.3, -0.25) is 9.69 Å². The molecule has 1 N–H and O–H groups in total. The second kappa shape index (κ2) is 6.26. The van der Waals surface area contributed by atoms with Gasteiger partial charge in [-0.1, -0.05) is 0 Å². The summed E-state index contributed by atoms with van der Waals surface area (Å²) in [4.78, 5) is 18.7. The van der Waals surface area contributed by atoms with Crippen LogP contribution in [0.1, 0.15) is 23.2 Å². The summed E-state index contributed by atoms with van der Waals surface area (Å²) in [7, 11) is 3.96. The standard InChI is InChI=1S/C17H25N3O2/c1-18(2)14-7-5-13(6-8-14)17(22)20-11-15(16(21)12-20)19-9-3-4-10-19/h5-8,15-16,21H,3-4,9-12H2,1-2H3/t15-,16-/m0/s1. The Morgan fingerprint density at radius 1 is 1.14 bits per heavy atom. The van der Waals surface area contributed by atoms with E-state index in [-0.39, 0.29) is 11.9 Å². The molecule has 0 aromatic heterocycles. The molecule has 2 saturated heterocycles. The molecule has 0 saturated carbocycles. The Bertz CT molecular complexity index is 523. The van der Waals surface area contributed by atoms with Gasteiger partial charge in [0.2, 0.25) is 0 Å². The highest BCUT2D eigenvalue weighted by Gasteiger charge is 2.38. The first kappa shape index (κ1) is 15.3. The third-order valence-corrected chi connectivity index (χ3v) is 4.79. The minimum atomic E-state index is -0.428. The molecular weight excluding hydrogens is 278 g/mol. The molecule has 2 aliphatic rings. The molecule has 2 heterocycles. The van der Waals surface area contributed by atoms with Crippen LogP contribution in [-0.2, 0) is 0 Å². The van der Waals surface area contributed by atoms with E-state index in [2.05, 4.69) is 4.90 Å². The molecule has 5 heteroatoms. The van der Waals surface area contributed by atoms with Crippen LogP contribution in [0.15, 0.2) is 24.3 Å². The summed E-state index contributed by atoms with van der Waals surface area (Å²) in [6.45, 7) is 3.16. The first-order chi connectivity index (χ1) is 10.6. The highest BCUT2D eigenvalue weighted by atomic mass is 16.3. The van der Waals surface area contributed by atoms with E-state index >= 15 is 0 Å². The quantitative estimate of drug-likeness (QED) is 0.906. The lowest BCUT2D eigenvalue weighted by atomic mass is 10.2. The average Bonchev–Trinajstić information content (AvgIpc) is 3.15. The maximum absolute atomic E-state index is 12.6. The van der Waals surface area contributed by atoms with Gasteiger partial charge in [0.1, 0.15) is 0 Å². The van der Waals surface area contributed by atoms with E-state index in [9.17, 15) is 9.90 Å². The van der Waals surface area contributed by atoms with Crippen LogP contribution >= 0.6 is 0 Å². The third-order valence-electron chi connectivity index (χ3n) is 4.79. The van der Waals surface area contributed by atoms with Gasteiger partial charge >= 0.3 is 0 Å². The number of nitrogens with zero attached hydrogens (tertiary/aromatic N) is 3. The molecule has 1 aromatic carbocycles. The van der Waals surface area contributed by atoms with E-state index in [0.29, 0.717) is 18.7 Å². The molecule has 2 fully saturated rings. The number of hydrogen-bond donors (Lipinski definition) is 1. The lowest BCUT2D eigenvalue weighted by Gasteiger charge is -2.25. The number of anilines is 1. The van der Waals surface area contributed by atoms with Crippen molar-refractivity contribution in [2.45, 2.75) is 25.0 Å². The number of β-amino-alcohol motifs (C(OH)–C–C–N with tert-alkyl or cyclic N) is 1. The number of aliphatic hydroxyl groups is 1. The predicted molar refractivity (Wildman–Crippen MR) is 87.3 cm³/mol. The summed E-state index contributed by atoms with van der Waals surface area (Å²) < 4.78 is 0. The molecule has 3 rings (SSSR count). The molecular formula is C17H25N3O2. The Kier molecular flexibility index (Phi) is 4.36. The number of aliphatic hydroxyl groups excluding tert-OH is 1. The Morgan fingerprint density at radius 3 is 2.36 bits per heavy atom. The predicted octanol–water partition coefficient (Wildman–Crippen LogP) is 1.03. The van der Waals surface area contributed by atoms with Crippen LogP contribution in [0.5, 0.6) is 0 Å². The van der Waals surface area contributed by atoms with Crippen molar-refractivity contribution in [1.82, 2.24) is 9.80 Å². The van der Waals surface area contributed by atoms with Crippen LogP contribution in [0.2, 0.25) is 0 Å². The molecule has 0 spiro atoms. The maximum atomic E-state index is 12.6. The largest absolute Gasteiger partial charge is 0.390 e. The van der Waals surface area contributed by atoms with Gasteiger partial charge in [0.05, 0.1) is 12.1 Å². The average molecular weight is 303 g/mol. The van der Waals surface area contributed by atoms with E-state index in [1.807, 2.05) is 43.3 Å². The number of likely N-dealkylation sites (tertiary alicyclic amines) is 2. The molecule has 0 radical (unpaired) electrons. The number of benzene rings is 1. The zero-order chi connectivity index (χ0) is 15.7. The van der Waals surface area contributed by atoms with Crippen molar-refractivity contribution in [3.8, 4) is 0 Å². The highest BCUT2D eigenvalue weighted by Crippen LogP contribution is 2.23. The van der Waals surface area contributed by atoms with Gasteiger partial charge in [-0.05, 0) is 50.2 Å². The summed E-state index contributed by atoms with van der Waals surface area (Å²) in [6.07, 6.45) is 1.97. The second-order valence-electron chi connectivity index (χ2n) is 6.53. The maximum Gasteiger partial charge on any atom is 0.253 e. The van der Waals surface area contributed by atoms with Crippen LogP contribution in [0.25, 0.3) is 0 Å². The Hall–Kier alpha value is -1.59. The van der Waals surface area contributed by atoms with Gasteiger partial charge in [-0.2, -0.15) is 0 Å². The second-order valence-corrected chi connectivity index (χ2v) is 6.53. The van der Waals surface area contributed by atoms with Crippen molar-refractivity contribution >= 4 is 11.6 Å². The fourth-order valence-corrected chi connectivity index (χ4v) is 3.45. The van der Waals surface area contributed by atoms with Gasteiger partial charge < -0.3 is 14.9 Å². The smallest absolute Gasteiger partial charge is 0.253 e. The lowest BCUT2D eigenvalue weighted by Crippen LogP contribution is -2.41. The minimum absolute atomic E-state index is 0.0195. The van der Waals surface area contributed by atoms with Gasteiger partial charge in [0.15, 0.2) is 0 Å². The summed E-state index contributed by atoms with van der Waals surface area (Å²) >= 11 is 0. The lowest BCUT2D eigenvalue weighted by molar-refractivity contribution is 0.0763. The summed E-state index contributed by atoms with van der Waals surface area (Å²) in [5, 5.41) is 10.3. The molecule has 0 aliphatic carbocycles. The molecule has 2 aliphatic heterocycles. The highest BCUT2D eigenvalue weighted by molar-refractivity contribution is 5.94. The monoisotopic (exact) mass is 303 g/mol. The van der Waals surface area contributed by atoms with Crippen molar-refractivity contribution in [1.29, 1.82) is 0 Å². The zero-order valence-electron chi connectivity index (χ0n) is 13.4. The van der Waals surface area contributed by atoms with Crippen LogP contribution in [0.3, 0.4) is 0 Å². The SMILES string of the molecule is CN(C)c1ccc(C(=O)N2C[C@H](O)[C@@H](N3CCCC3)C2)cc1. The topological polar surface area (TPSA) is 47.0 Å². The van der Waals surface area contributed by atoms with Gasteiger partial charge in [-0.25, -0.2) is 0 Å². The zero-order valence-corrected chi connectivity index (χ0v) is 13.4. The minimum Gasteiger partial charge on any atom is -0.390 e. The number of carbonyl (C=O) groups is 1. The van der Waals surface area contributed by atoms with Gasteiger partial charge in [0, 0.05) is 38.4 Å². The summed E-state index contributed by atoms with van der Waals surface area (Å²) in [6, 6.07) is 7.75. The van der Waals surface area contributed by atoms with Gasteiger partial charge in [-0.15, -0.1) is 0 Å². The van der Waals surface area contributed by atoms with E-state index in [0.717, 1.165) is 18.8 Å². The molecule has 5 nitrogen and oxygen atoms in total. The number of carbonyl (C=O) groups excluding carboxylic acids is 1. The van der Waals surface area contributed by atoms with Crippen LogP contribution in [-0.4, -0.2) is 73.2 Å². The molecule has 1 amide bonds. The summed E-state index contributed by atoms with van der Waals surface area (Å²) in [5.41, 5.74) is 1.77. The van der Waals surface area contributed by atoms with E-state index in [4.69, 9.17) is 0 Å². The van der Waals surface area contributed by atoms with E-state index < -0.39 is 6.10 Å². The number of rotatable bonds is 3. The van der Waals surface area contributed by atoms with Crippen LogP contribution in [0.4, 0.5) is 5.69 Å². The van der Waals surface area contributed by atoms with Crippen molar-refractivity contribution < 1.29 is 9.90 Å². The fourth-order valence-electron chi connectivity index (χ4n) is 3.45. The Balaban J connectivity index is 1.67. The van der Waals surface area contributed by atoms with Crippen molar-refractivity contribution in [3.05, 3.63) is 29.8 Å². The molecule has 1 aromatic rings. The van der Waals surface area contributed by atoms with Crippen LogP contribution in [0, 0.1) is 0 Å². The fraction of sp³-hybridized carbons (Fsp3) is 0.588. The molecule has 2 atom stereocenters. The number of hydrogen-bond acceptors (Lipinski definition) is 4. The Labute approximate surface area is 132 Å². The number of amides is 1. The first-order valence-electron chi connectivity index (χ1n) is 8.05. The Morgan fingerprint density at radius 2 is 1.77 bits per heavy atom. The normalized spacial score (nSPS) is 25.7. The molecule has 0 bridgehead atoms. The summed E-state index contributed by atoms with van der Waals surface area (Å²) in [5.74, 6) is 0.0195. The van der Waals surface area contributed by atoms with Crippen molar-refractivity contribution in [3.63, 3.8) is 0 Å². The van der Waals surface area contributed by atoms with E-state index in [1.165, 1.54) is 12.8 Å². The third kappa shape index (κ3) is 2.96. The van der Waals surface area contributed by atoms with Crippen molar-refractivity contribution in [2.75, 3.05) is 45.2 Å². The molecule has 22 heavy (non-hydrogen) atoms. The molecule has 120 valence electrons. The first-order valence-corrected chi connectivity index (χ1v) is 8.05. The van der Waals surface area contributed by atoms with Crippen molar-refractivity contribution in [2.24, 2.45) is 0 Å². The van der Waals surface area contributed by atoms with E-state index in [1.54, 1.807) is 4.90 Å². The van der Waals surface area contributed by atoms with Crippen LogP contribution < -0.4 is 4.90 Å². The van der Waals surface area contributed by atoms with Gasteiger partial charge in [0.25, 0.3) is 5.91 Å². The molecule has 0 unspecified atom stereocenters.